The van der Waals surface area contributed by atoms with Crippen LogP contribution < -0.4 is 0 Å². The van der Waals surface area contributed by atoms with Gasteiger partial charge in [-0.3, -0.25) is 4.79 Å². The van der Waals surface area contributed by atoms with Crippen LogP contribution in [-0.2, 0) is 11.3 Å². The minimum atomic E-state index is 0.0220. The van der Waals surface area contributed by atoms with Gasteiger partial charge in [-0.1, -0.05) is 42.4 Å². The van der Waals surface area contributed by atoms with Gasteiger partial charge in [-0.2, -0.15) is 0 Å². The SMILES string of the molecule is C=C(C)C(=O)N1Cc2sc(Cl)cc2[C@H](c2ccccc2C)C1. The molecule has 0 radical (unpaired) electrons. The van der Waals surface area contributed by atoms with Crippen molar-refractivity contribution in [2.75, 3.05) is 6.54 Å². The van der Waals surface area contributed by atoms with Crippen LogP contribution in [-0.4, -0.2) is 17.4 Å². The van der Waals surface area contributed by atoms with Gasteiger partial charge in [0.05, 0.1) is 10.9 Å². The summed E-state index contributed by atoms with van der Waals surface area (Å²) in [6.07, 6.45) is 0. The Morgan fingerprint density at radius 1 is 1.36 bits per heavy atom. The van der Waals surface area contributed by atoms with E-state index in [1.54, 1.807) is 18.3 Å². The number of carbonyl (C=O) groups is 1. The lowest BCUT2D eigenvalue weighted by Crippen LogP contribution is -2.38. The molecule has 1 amide bonds. The first kappa shape index (κ1) is 15.3. The molecule has 0 fully saturated rings. The molecule has 2 nitrogen and oxygen atoms in total. The van der Waals surface area contributed by atoms with Gasteiger partial charge >= 0.3 is 0 Å². The van der Waals surface area contributed by atoms with Crippen molar-refractivity contribution in [1.82, 2.24) is 4.90 Å². The molecule has 0 saturated carbocycles. The van der Waals surface area contributed by atoms with Crippen molar-refractivity contribution in [2.45, 2.75) is 26.3 Å². The summed E-state index contributed by atoms with van der Waals surface area (Å²) in [6, 6.07) is 10.4. The van der Waals surface area contributed by atoms with Gasteiger partial charge < -0.3 is 4.90 Å². The summed E-state index contributed by atoms with van der Waals surface area (Å²) >= 11 is 7.80. The molecule has 1 aromatic heterocycles. The molecule has 0 N–H and O–H groups in total. The Balaban J connectivity index is 2.06. The second-order valence-electron chi connectivity index (χ2n) is 5.80. The molecule has 2 aromatic rings. The number of nitrogens with zero attached hydrogens (tertiary/aromatic N) is 1. The van der Waals surface area contributed by atoms with Crippen LogP contribution in [0, 0.1) is 6.92 Å². The van der Waals surface area contributed by atoms with Gasteiger partial charge in [0.1, 0.15) is 0 Å². The zero-order valence-corrected chi connectivity index (χ0v) is 14.3. The van der Waals surface area contributed by atoms with Crippen molar-refractivity contribution >= 4 is 28.8 Å². The molecule has 114 valence electrons. The number of carbonyl (C=O) groups excluding carboxylic acids is 1. The third-order valence-electron chi connectivity index (χ3n) is 4.14. The van der Waals surface area contributed by atoms with E-state index in [0.29, 0.717) is 18.7 Å². The van der Waals surface area contributed by atoms with Crippen LogP contribution in [0.5, 0.6) is 0 Å². The lowest BCUT2D eigenvalue weighted by molar-refractivity contribution is -0.128. The third kappa shape index (κ3) is 2.71. The van der Waals surface area contributed by atoms with E-state index in [0.717, 1.165) is 4.34 Å². The first-order valence-electron chi connectivity index (χ1n) is 7.25. The number of hydrogen-bond acceptors (Lipinski definition) is 2. The largest absolute Gasteiger partial charge is 0.333 e. The first-order valence-corrected chi connectivity index (χ1v) is 8.45. The topological polar surface area (TPSA) is 20.3 Å². The summed E-state index contributed by atoms with van der Waals surface area (Å²) in [7, 11) is 0. The summed E-state index contributed by atoms with van der Waals surface area (Å²) in [5, 5.41) is 0. The fourth-order valence-electron chi connectivity index (χ4n) is 3.05. The van der Waals surface area contributed by atoms with Crippen LogP contribution in [0.4, 0.5) is 0 Å². The Morgan fingerprint density at radius 3 is 2.77 bits per heavy atom. The number of amides is 1. The minimum absolute atomic E-state index is 0.0220. The molecule has 4 heteroatoms. The van der Waals surface area contributed by atoms with E-state index in [1.165, 1.54) is 21.6 Å². The first-order chi connectivity index (χ1) is 10.5. The van der Waals surface area contributed by atoms with Crippen molar-refractivity contribution in [1.29, 1.82) is 0 Å². The van der Waals surface area contributed by atoms with Crippen LogP contribution in [0.3, 0.4) is 0 Å². The smallest absolute Gasteiger partial charge is 0.249 e. The molecule has 2 heterocycles. The van der Waals surface area contributed by atoms with E-state index >= 15 is 0 Å². The van der Waals surface area contributed by atoms with Crippen LogP contribution in [0.2, 0.25) is 4.34 Å². The van der Waals surface area contributed by atoms with Gasteiger partial charge in [0.15, 0.2) is 0 Å². The van der Waals surface area contributed by atoms with Crippen molar-refractivity contribution in [3.05, 3.63) is 68.4 Å². The van der Waals surface area contributed by atoms with E-state index in [9.17, 15) is 4.79 Å². The average Bonchev–Trinajstić information content (AvgIpc) is 2.86. The molecule has 0 spiro atoms. The van der Waals surface area contributed by atoms with Crippen LogP contribution in [0.15, 0.2) is 42.5 Å². The quantitative estimate of drug-likeness (QED) is 0.726. The highest BCUT2D eigenvalue weighted by Gasteiger charge is 2.31. The lowest BCUT2D eigenvalue weighted by atomic mass is 9.86. The normalized spacial score (nSPS) is 17.2. The van der Waals surface area contributed by atoms with Crippen LogP contribution in [0.1, 0.15) is 34.4 Å². The van der Waals surface area contributed by atoms with Crippen molar-refractivity contribution < 1.29 is 4.79 Å². The second-order valence-corrected chi connectivity index (χ2v) is 7.57. The van der Waals surface area contributed by atoms with E-state index < -0.39 is 0 Å². The fourth-order valence-corrected chi connectivity index (χ4v) is 4.41. The average molecular weight is 332 g/mol. The Bertz CT molecular complexity index is 749. The fraction of sp³-hybridized carbons (Fsp3) is 0.278. The molecule has 0 unspecified atom stereocenters. The summed E-state index contributed by atoms with van der Waals surface area (Å²) in [5.74, 6) is 0.200. The van der Waals surface area contributed by atoms with Crippen molar-refractivity contribution in [2.24, 2.45) is 0 Å². The molecular weight excluding hydrogens is 314 g/mol. The van der Waals surface area contributed by atoms with Gasteiger partial charge in [-0.25, -0.2) is 0 Å². The summed E-state index contributed by atoms with van der Waals surface area (Å²) < 4.78 is 0.785. The maximum absolute atomic E-state index is 12.4. The molecule has 22 heavy (non-hydrogen) atoms. The molecule has 1 atom stereocenters. The number of fused-ring (bicyclic) bond motifs is 1. The monoisotopic (exact) mass is 331 g/mol. The Morgan fingerprint density at radius 2 is 2.09 bits per heavy atom. The second kappa shape index (κ2) is 5.90. The Labute approximate surface area is 140 Å². The highest BCUT2D eigenvalue weighted by atomic mass is 35.5. The maximum Gasteiger partial charge on any atom is 0.249 e. The Kier molecular flexibility index (Phi) is 4.11. The highest BCUT2D eigenvalue weighted by Crippen LogP contribution is 2.41. The molecule has 1 aromatic carbocycles. The van der Waals surface area contributed by atoms with E-state index in [-0.39, 0.29) is 11.8 Å². The number of benzene rings is 1. The van der Waals surface area contributed by atoms with Gasteiger partial charge in [-0.15, -0.1) is 11.3 Å². The highest BCUT2D eigenvalue weighted by molar-refractivity contribution is 7.16. The zero-order valence-electron chi connectivity index (χ0n) is 12.7. The van der Waals surface area contributed by atoms with Crippen LogP contribution >= 0.6 is 22.9 Å². The molecule has 0 saturated heterocycles. The van der Waals surface area contributed by atoms with Gasteiger partial charge in [0.2, 0.25) is 5.91 Å². The summed E-state index contributed by atoms with van der Waals surface area (Å²) in [6.45, 7) is 8.98. The summed E-state index contributed by atoms with van der Waals surface area (Å²) in [4.78, 5) is 15.4. The molecule has 0 aliphatic carbocycles. The predicted octanol–water partition coefficient (Wildman–Crippen LogP) is 4.76. The van der Waals surface area contributed by atoms with Gasteiger partial charge in [0.25, 0.3) is 0 Å². The zero-order chi connectivity index (χ0) is 15.9. The number of thiophene rings is 1. The van der Waals surface area contributed by atoms with Gasteiger partial charge in [-0.05, 0) is 36.6 Å². The molecule has 3 rings (SSSR count). The number of rotatable bonds is 2. The van der Waals surface area contributed by atoms with E-state index in [4.69, 9.17) is 11.6 Å². The summed E-state index contributed by atoms with van der Waals surface area (Å²) in [5.41, 5.74) is 4.34. The number of aryl methyl sites for hydroxylation is 1. The van der Waals surface area contributed by atoms with Crippen molar-refractivity contribution in [3.63, 3.8) is 0 Å². The van der Waals surface area contributed by atoms with Gasteiger partial charge in [0, 0.05) is 22.9 Å². The van der Waals surface area contributed by atoms with E-state index in [1.807, 2.05) is 11.0 Å². The third-order valence-corrected chi connectivity index (χ3v) is 5.41. The van der Waals surface area contributed by atoms with E-state index in [2.05, 4.69) is 37.8 Å². The number of halogens is 1. The molecular formula is C18H18ClNOS. The Hall–Kier alpha value is -1.58. The molecule has 0 bridgehead atoms. The van der Waals surface area contributed by atoms with Crippen molar-refractivity contribution in [3.8, 4) is 0 Å². The minimum Gasteiger partial charge on any atom is -0.333 e. The lowest BCUT2D eigenvalue weighted by Gasteiger charge is -2.34. The maximum atomic E-state index is 12.4. The molecule has 1 aliphatic rings. The molecule has 1 aliphatic heterocycles. The number of hydrogen-bond donors (Lipinski definition) is 0. The standard InChI is InChI=1S/C18H18ClNOS/c1-11(2)18(21)20-9-15(13-7-5-4-6-12(13)3)14-8-17(19)22-16(14)10-20/h4-8,15H,1,9-10H2,2-3H3/t15-/m0/s1. The predicted molar refractivity (Wildman–Crippen MR) is 92.6 cm³/mol. The van der Waals surface area contributed by atoms with Crippen LogP contribution in [0.25, 0.3) is 0 Å².